The maximum Gasteiger partial charge on any atom is 0.387 e. The fourth-order valence-electron chi connectivity index (χ4n) is 2.17. The second-order valence-corrected chi connectivity index (χ2v) is 5.24. The highest BCUT2D eigenvalue weighted by molar-refractivity contribution is 5.93. The molecular formula is C18H18F2N2O3. The van der Waals surface area contributed by atoms with E-state index in [2.05, 4.69) is 15.2 Å². The molecule has 132 valence electrons. The number of hydrogen-bond acceptors (Lipinski definition) is 4. The SMILES string of the molecule is Cc1cccc(C)c1NC(=O)CO/N=C/c1ccccc1OC(F)F. The molecule has 0 saturated carbocycles. The first kappa shape index (κ1) is 18.4. The maximum atomic E-state index is 12.3. The first-order valence-corrected chi connectivity index (χ1v) is 7.52. The van der Waals surface area contributed by atoms with Crippen LogP contribution in [0, 0.1) is 13.8 Å². The first-order chi connectivity index (χ1) is 12.0. The number of carbonyl (C=O) groups excluding carboxylic acids is 1. The van der Waals surface area contributed by atoms with E-state index in [9.17, 15) is 13.6 Å². The third-order valence-electron chi connectivity index (χ3n) is 3.34. The van der Waals surface area contributed by atoms with Crippen LogP contribution in [0.25, 0.3) is 0 Å². The van der Waals surface area contributed by atoms with Crippen molar-refractivity contribution in [3.63, 3.8) is 0 Å². The molecule has 1 N–H and O–H groups in total. The molecule has 0 bridgehead atoms. The highest BCUT2D eigenvalue weighted by Gasteiger charge is 2.09. The van der Waals surface area contributed by atoms with E-state index in [1.54, 1.807) is 18.2 Å². The number of benzene rings is 2. The minimum absolute atomic E-state index is 0.0233. The van der Waals surface area contributed by atoms with Crippen LogP contribution in [0.4, 0.5) is 14.5 Å². The molecule has 0 aromatic heterocycles. The van der Waals surface area contributed by atoms with Crippen LogP contribution in [0.3, 0.4) is 0 Å². The molecule has 1 amide bonds. The molecule has 0 radical (unpaired) electrons. The van der Waals surface area contributed by atoms with Gasteiger partial charge in [-0.1, -0.05) is 35.5 Å². The van der Waals surface area contributed by atoms with Gasteiger partial charge in [0.15, 0.2) is 6.61 Å². The van der Waals surface area contributed by atoms with Gasteiger partial charge in [-0.3, -0.25) is 4.79 Å². The van der Waals surface area contributed by atoms with Gasteiger partial charge < -0.3 is 14.9 Å². The van der Waals surface area contributed by atoms with E-state index < -0.39 is 6.61 Å². The lowest BCUT2D eigenvalue weighted by Crippen LogP contribution is -2.18. The summed E-state index contributed by atoms with van der Waals surface area (Å²) >= 11 is 0. The van der Waals surface area contributed by atoms with Gasteiger partial charge in [0.25, 0.3) is 5.91 Å². The van der Waals surface area contributed by atoms with Crippen molar-refractivity contribution in [1.29, 1.82) is 0 Å². The van der Waals surface area contributed by atoms with E-state index in [0.717, 1.165) is 16.8 Å². The molecule has 0 unspecified atom stereocenters. The lowest BCUT2D eigenvalue weighted by atomic mass is 10.1. The van der Waals surface area contributed by atoms with E-state index in [-0.39, 0.29) is 18.3 Å². The summed E-state index contributed by atoms with van der Waals surface area (Å²) in [6.45, 7) is 0.546. The third-order valence-corrected chi connectivity index (χ3v) is 3.34. The van der Waals surface area contributed by atoms with Crippen molar-refractivity contribution in [3.05, 3.63) is 59.2 Å². The zero-order valence-electron chi connectivity index (χ0n) is 13.8. The molecule has 5 nitrogen and oxygen atoms in total. The van der Waals surface area contributed by atoms with Crippen LogP contribution < -0.4 is 10.1 Å². The number of nitrogens with zero attached hydrogens (tertiary/aromatic N) is 1. The number of amides is 1. The molecule has 2 aromatic carbocycles. The number of rotatable bonds is 7. The van der Waals surface area contributed by atoms with Crippen LogP contribution >= 0.6 is 0 Å². The number of alkyl halides is 2. The highest BCUT2D eigenvalue weighted by Crippen LogP contribution is 2.19. The Hall–Kier alpha value is -2.96. The molecule has 0 spiro atoms. The second kappa shape index (κ2) is 8.77. The van der Waals surface area contributed by atoms with Gasteiger partial charge in [0.05, 0.1) is 6.21 Å². The van der Waals surface area contributed by atoms with Crippen LogP contribution in [0.5, 0.6) is 5.75 Å². The van der Waals surface area contributed by atoms with Crippen molar-refractivity contribution in [2.24, 2.45) is 5.16 Å². The summed E-state index contributed by atoms with van der Waals surface area (Å²) in [6.07, 6.45) is 1.21. The zero-order chi connectivity index (χ0) is 18.2. The minimum atomic E-state index is -2.93. The average Bonchev–Trinajstić information content (AvgIpc) is 2.56. The molecule has 0 atom stereocenters. The van der Waals surface area contributed by atoms with Gasteiger partial charge in [-0.25, -0.2) is 0 Å². The van der Waals surface area contributed by atoms with Crippen molar-refractivity contribution < 1.29 is 23.1 Å². The van der Waals surface area contributed by atoms with Gasteiger partial charge in [-0.05, 0) is 37.1 Å². The lowest BCUT2D eigenvalue weighted by Gasteiger charge is -2.10. The molecule has 0 aliphatic rings. The standard InChI is InChI=1S/C18H18F2N2O3/c1-12-6-5-7-13(2)17(12)22-16(23)11-24-21-10-14-8-3-4-9-15(14)25-18(19)20/h3-10,18H,11H2,1-2H3,(H,22,23)/b21-10+. The first-order valence-electron chi connectivity index (χ1n) is 7.52. The maximum absolute atomic E-state index is 12.3. The normalized spacial score (nSPS) is 10.9. The van der Waals surface area contributed by atoms with Crippen molar-refractivity contribution in [3.8, 4) is 5.75 Å². The number of hydrogen-bond donors (Lipinski definition) is 1. The van der Waals surface area contributed by atoms with Crippen LogP contribution in [0.15, 0.2) is 47.6 Å². The Kier molecular flexibility index (Phi) is 6.45. The summed E-state index contributed by atoms with van der Waals surface area (Å²) in [5.74, 6) is -0.392. The third kappa shape index (κ3) is 5.56. The lowest BCUT2D eigenvalue weighted by molar-refractivity contribution is -0.120. The van der Waals surface area contributed by atoms with Crippen LogP contribution in [-0.4, -0.2) is 25.3 Å². The number of halogens is 2. The second-order valence-electron chi connectivity index (χ2n) is 5.24. The van der Waals surface area contributed by atoms with Crippen LogP contribution in [0.2, 0.25) is 0 Å². The Morgan fingerprint density at radius 2 is 1.84 bits per heavy atom. The van der Waals surface area contributed by atoms with Crippen molar-refractivity contribution >= 4 is 17.8 Å². The number of oxime groups is 1. The molecule has 2 rings (SSSR count). The molecule has 0 aliphatic heterocycles. The summed E-state index contributed by atoms with van der Waals surface area (Å²) in [5, 5.41) is 6.38. The number of anilines is 1. The molecular weight excluding hydrogens is 330 g/mol. The molecule has 2 aromatic rings. The summed E-state index contributed by atoms with van der Waals surface area (Å²) in [7, 11) is 0. The summed E-state index contributed by atoms with van der Waals surface area (Å²) in [5.41, 5.74) is 2.93. The van der Waals surface area contributed by atoms with Gasteiger partial charge >= 0.3 is 6.61 Å². The zero-order valence-corrected chi connectivity index (χ0v) is 13.8. The monoisotopic (exact) mass is 348 g/mol. The molecule has 7 heteroatoms. The van der Waals surface area contributed by atoms with Gasteiger partial charge in [-0.15, -0.1) is 0 Å². The summed E-state index contributed by atoms with van der Waals surface area (Å²) in [6, 6.07) is 11.8. The van der Waals surface area contributed by atoms with E-state index in [1.165, 1.54) is 12.3 Å². The average molecular weight is 348 g/mol. The molecule has 0 saturated heterocycles. The summed E-state index contributed by atoms with van der Waals surface area (Å²) < 4.78 is 29.0. The Morgan fingerprint density at radius 3 is 2.52 bits per heavy atom. The molecule has 25 heavy (non-hydrogen) atoms. The Morgan fingerprint density at radius 1 is 1.16 bits per heavy atom. The van der Waals surface area contributed by atoms with E-state index >= 15 is 0 Å². The van der Waals surface area contributed by atoms with Gasteiger partial charge in [0, 0.05) is 11.3 Å². The number of ether oxygens (including phenoxy) is 1. The topological polar surface area (TPSA) is 59.9 Å². The number of aryl methyl sites for hydroxylation is 2. The predicted octanol–water partition coefficient (Wildman–Crippen LogP) is 3.89. The van der Waals surface area contributed by atoms with Crippen molar-refractivity contribution in [1.82, 2.24) is 0 Å². The fourth-order valence-corrected chi connectivity index (χ4v) is 2.17. The minimum Gasteiger partial charge on any atom is -0.434 e. The van der Waals surface area contributed by atoms with E-state index in [4.69, 9.17) is 4.84 Å². The number of nitrogens with one attached hydrogen (secondary N) is 1. The Balaban J connectivity index is 1.90. The summed E-state index contributed by atoms with van der Waals surface area (Å²) in [4.78, 5) is 16.8. The predicted molar refractivity (Wildman–Crippen MR) is 91.2 cm³/mol. The number of carbonyl (C=O) groups is 1. The quantitative estimate of drug-likeness (QED) is 0.610. The fraction of sp³-hybridized carbons (Fsp3) is 0.222. The van der Waals surface area contributed by atoms with Crippen molar-refractivity contribution in [2.75, 3.05) is 11.9 Å². The highest BCUT2D eigenvalue weighted by atomic mass is 19.3. The molecule has 0 fully saturated rings. The van der Waals surface area contributed by atoms with Gasteiger partial charge in [0.1, 0.15) is 5.75 Å². The van der Waals surface area contributed by atoms with Gasteiger partial charge in [0.2, 0.25) is 0 Å². The van der Waals surface area contributed by atoms with Crippen molar-refractivity contribution in [2.45, 2.75) is 20.5 Å². The smallest absolute Gasteiger partial charge is 0.387 e. The largest absolute Gasteiger partial charge is 0.434 e. The molecule has 0 aliphatic carbocycles. The van der Waals surface area contributed by atoms with Crippen LogP contribution in [0.1, 0.15) is 16.7 Å². The van der Waals surface area contributed by atoms with E-state index in [0.29, 0.717) is 5.56 Å². The van der Waals surface area contributed by atoms with Gasteiger partial charge in [-0.2, -0.15) is 8.78 Å². The Bertz CT molecular complexity index is 743. The van der Waals surface area contributed by atoms with Crippen LogP contribution in [-0.2, 0) is 9.63 Å². The Labute approximate surface area is 144 Å². The molecule has 0 heterocycles. The number of para-hydroxylation sites is 2. The van der Waals surface area contributed by atoms with E-state index in [1.807, 2.05) is 32.0 Å².